The number of aromatic nitrogens is 4. The van der Waals surface area contributed by atoms with Gasteiger partial charge in [-0.15, -0.1) is 29.7 Å². The van der Waals surface area contributed by atoms with Crippen molar-refractivity contribution >= 4 is 21.8 Å². The van der Waals surface area contributed by atoms with Crippen molar-refractivity contribution in [1.29, 1.82) is 0 Å². The minimum absolute atomic E-state index is 0. The number of benzene rings is 7. The van der Waals surface area contributed by atoms with Gasteiger partial charge in [0.05, 0.1) is 11.4 Å². The quantitative estimate of drug-likeness (QED) is 0.101. The molecule has 10 aromatic rings. The van der Waals surface area contributed by atoms with E-state index in [4.69, 9.17) is 9.72 Å². The summed E-state index contributed by atoms with van der Waals surface area (Å²) in [7, 11) is 0. The maximum Gasteiger partial charge on any atom is 0.267 e. The molecule has 7 aromatic carbocycles. The molecule has 0 aliphatic heterocycles. The van der Waals surface area contributed by atoms with E-state index in [9.17, 15) is 0 Å². The first-order valence-corrected chi connectivity index (χ1v) is 24.0. The van der Waals surface area contributed by atoms with Crippen LogP contribution in [0, 0.1) is 18.5 Å². The molecule has 0 amide bonds. The molecule has 0 unspecified atom stereocenters. The van der Waals surface area contributed by atoms with Crippen LogP contribution < -0.4 is 9.30 Å². The average Bonchev–Trinajstić information content (AvgIpc) is 3.95. The summed E-state index contributed by atoms with van der Waals surface area (Å²) >= 11 is 0. The van der Waals surface area contributed by atoms with Crippen LogP contribution in [0.1, 0.15) is 103 Å². The maximum atomic E-state index is 6.75. The summed E-state index contributed by atoms with van der Waals surface area (Å²) in [5.74, 6) is 2.01. The van der Waals surface area contributed by atoms with Crippen molar-refractivity contribution in [3.63, 3.8) is 0 Å². The second-order valence-corrected chi connectivity index (χ2v) is 21.5. The van der Waals surface area contributed by atoms with Crippen molar-refractivity contribution in [2.75, 3.05) is 0 Å². The summed E-state index contributed by atoms with van der Waals surface area (Å²) < 4.78 is 13.2. The third-order valence-electron chi connectivity index (χ3n) is 13.9. The molecule has 0 aliphatic carbocycles. The Labute approximate surface area is 428 Å². The van der Waals surface area contributed by atoms with Gasteiger partial charge in [0, 0.05) is 61.3 Å². The molecule has 0 saturated heterocycles. The molecule has 0 spiro atoms. The fourth-order valence-electron chi connectivity index (χ4n) is 9.53. The largest absolute Gasteiger partial charge is 0.510 e. The fourth-order valence-corrected chi connectivity index (χ4v) is 9.53. The summed E-state index contributed by atoms with van der Waals surface area (Å²) in [5.41, 5.74) is 12.7. The number of rotatable bonds is 10. The molecule has 6 heteroatoms. The molecule has 10 rings (SSSR count). The van der Waals surface area contributed by atoms with Crippen molar-refractivity contribution < 1.29 is 30.4 Å². The number of imidazole rings is 1. The number of pyridine rings is 1. The Hall–Kier alpha value is -6.81. The number of hydrogen-bond donors (Lipinski definition) is 0. The molecule has 0 bridgehead atoms. The van der Waals surface area contributed by atoms with Crippen LogP contribution in [0.2, 0.25) is 0 Å². The van der Waals surface area contributed by atoms with Gasteiger partial charge in [-0.05, 0) is 91.2 Å². The number of nitrogens with zero attached hydrogens (tertiary/aromatic N) is 4. The molecule has 0 fully saturated rings. The molecule has 0 aliphatic rings. The smallest absolute Gasteiger partial charge is 0.267 e. The van der Waals surface area contributed by atoms with Crippen LogP contribution in [0.15, 0.2) is 182 Å². The van der Waals surface area contributed by atoms with Gasteiger partial charge in [-0.1, -0.05) is 184 Å². The first kappa shape index (κ1) is 48.2. The van der Waals surface area contributed by atoms with E-state index < -0.39 is 0 Å². The van der Waals surface area contributed by atoms with E-state index in [1.54, 1.807) is 0 Å². The van der Waals surface area contributed by atoms with Gasteiger partial charge in [0.1, 0.15) is 5.82 Å². The minimum Gasteiger partial charge on any atom is -0.510 e. The van der Waals surface area contributed by atoms with Crippen molar-refractivity contribution in [3.8, 4) is 39.8 Å². The Kier molecular flexibility index (Phi) is 12.7. The van der Waals surface area contributed by atoms with E-state index >= 15 is 0 Å². The van der Waals surface area contributed by atoms with Crippen molar-refractivity contribution in [1.82, 2.24) is 14.1 Å². The van der Waals surface area contributed by atoms with E-state index in [-0.39, 0.29) is 42.7 Å². The Morgan fingerprint density at radius 2 is 1.14 bits per heavy atom. The Balaban J connectivity index is 0.00000608. The second-order valence-electron chi connectivity index (χ2n) is 21.5. The second kappa shape index (κ2) is 18.5. The van der Waals surface area contributed by atoms with Crippen LogP contribution >= 0.6 is 0 Å². The SMILES string of the molecule is CC(C)(C)c1ccnc(-n2c3[c-]c(Oc4[c-]c(-n5[c-][n+](-c6cc(-c7ccccc7)cc(C(C)(C)c7ccccc7)c6)cc5C(C)(C)C)ccc4)ccc3c3cc(C(C)(C)c4ccccc4)ccc32)c1.[Pt]. The van der Waals surface area contributed by atoms with Crippen LogP contribution in [-0.2, 0) is 42.7 Å². The predicted octanol–water partition coefficient (Wildman–Crippen LogP) is 15.4. The molecule has 70 heavy (non-hydrogen) atoms. The molecule has 5 nitrogen and oxygen atoms in total. The Morgan fingerprint density at radius 1 is 0.500 bits per heavy atom. The van der Waals surface area contributed by atoms with E-state index in [0.717, 1.165) is 50.3 Å². The monoisotopic (exact) mass is 1100 g/mol. The molecule has 3 aromatic heterocycles. The molecular formula is C64H60N4OPt-2. The van der Waals surface area contributed by atoms with Gasteiger partial charge in [0.25, 0.3) is 6.33 Å². The van der Waals surface area contributed by atoms with Crippen LogP contribution in [0.4, 0.5) is 0 Å². The van der Waals surface area contributed by atoms with Gasteiger partial charge in [0.2, 0.25) is 0 Å². The van der Waals surface area contributed by atoms with Gasteiger partial charge in [0.15, 0.2) is 0 Å². The van der Waals surface area contributed by atoms with Gasteiger partial charge in [-0.2, -0.15) is 18.2 Å². The van der Waals surface area contributed by atoms with Gasteiger partial charge in [-0.3, -0.25) is 4.57 Å². The van der Waals surface area contributed by atoms with Crippen molar-refractivity contribution in [3.05, 3.63) is 234 Å². The van der Waals surface area contributed by atoms with E-state index in [1.165, 1.54) is 33.4 Å². The zero-order valence-electron chi connectivity index (χ0n) is 41.8. The third-order valence-corrected chi connectivity index (χ3v) is 13.9. The van der Waals surface area contributed by atoms with Crippen LogP contribution in [0.3, 0.4) is 0 Å². The number of hydrogen-bond acceptors (Lipinski definition) is 2. The first-order chi connectivity index (χ1) is 32.9. The van der Waals surface area contributed by atoms with Gasteiger partial charge >= 0.3 is 0 Å². The van der Waals surface area contributed by atoms with E-state index in [1.807, 2.05) is 24.4 Å². The molecule has 0 N–H and O–H groups in total. The van der Waals surface area contributed by atoms with Crippen LogP contribution in [0.25, 0.3) is 50.1 Å². The van der Waals surface area contributed by atoms with Crippen molar-refractivity contribution in [2.45, 2.75) is 90.9 Å². The fraction of sp³-hybridized carbons (Fsp3) is 0.219. The summed E-state index contributed by atoms with van der Waals surface area (Å²) in [6.45, 7) is 22.6. The summed E-state index contributed by atoms with van der Waals surface area (Å²) in [4.78, 5) is 4.96. The number of fused-ring (bicyclic) bond motifs is 3. The van der Waals surface area contributed by atoms with E-state index in [2.05, 4.69) is 259 Å². The van der Waals surface area contributed by atoms with Gasteiger partial charge < -0.3 is 13.9 Å². The summed E-state index contributed by atoms with van der Waals surface area (Å²) in [6, 6.07) is 67.7. The third kappa shape index (κ3) is 9.20. The molecular weight excluding hydrogens is 1040 g/mol. The maximum absolute atomic E-state index is 6.75. The summed E-state index contributed by atoms with van der Waals surface area (Å²) in [6.07, 6.45) is 7.87. The Bertz CT molecular complexity index is 3480. The predicted molar refractivity (Wildman–Crippen MR) is 282 cm³/mol. The first-order valence-electron chi connectivity index (χ1n) is 24.0. The molecule has 354 valence electrons. The van der Waals surface area contributed by atoms with Crippen molar-refractivity contribution in [2.24, 2.45) is 0 Å². The Morgan fingerprint density at radius 3 is 1.80 bits per heavy atom. The normalized spacial score (nSPS) is 12.3. The molecule has 0 atom stereocenters. The van der Waals surface area contributed by atoms with E-state index in [0.29, 0.717) is 11.5 Å². The minimum atomic E-state index is -0.250. The van der Waals surface area contributed by atoms with Crippen LogP contribution in [-0.4, -0.2) is 14.1 Å². The average molecular weight is 1100 g/mol. The topological polar surface area (TPSA) is 35.9 Å². The molecule has 0 radical (unpaired) electrons. The summed E-state index contributed by atoms with van der Waals surface area (Å²) in [5, 5.41) is 2.22. The molecule has 0 saturated carbocycles. The van der Waals surface area contributed by atoms with Gasteiger partial charge in [-0.25, -0.2) is 4.98 Å². The zero-order valence-corrected chi connectivity index (χ0v) is 44.1. The molecule has 3 heterocycles. The van der Waals surface area contributed by atoms with Crippen LogP contribution in [0.5, 0.6) is 11.5 Å². The zero-order chi connectivity index (χ0) is 48.3. The number of ether oxygens (including phenoxy) is 1. The standard InChI is InChI=1S/C64H60N4O.Pt/c1-61(2,3)48-33-34-65-60(39-48)68-57-32-29-49(63(7,8)46-23-16-12-17-24-46)38-56(57)55-31-30-54(41-58(55)68)69-53-28-20-27-51(40-53)67-43-66(42-59(67)62(4,5)6)52-36-45(44-21-14-11-15-22-44)35-50(37-52)64(9,10)47-25-18-13-19-26-47;/h11-39,42H,1-10H3;/q-2;.